The topological polar surface area (TPSA) is 103 Å². The number of nitrogens with one attached hydrogen (secondary N) is 2. The van der Waals surface area contributed by atoms with E-state index in [4.69, 9.17) is 15.2 Å². The molecular weight excluding hydrogens is 370 g/mol. The molecule has 0 unspecified atom stereocenters. The predicted molar refractivity (Wildman–Crippen MR) is 106 cm³/mol. The van der Waals surface area contributed by atoms with E-state index in [2.05, 4.69) is 10.6 Å². The van der Waals surface area contributed by atoms with Crippen molar-refractivity contribution in [1.82, 2.24) is 5.32 Å². The Morgan fingerprint density at radius 3 is 2.41 bits per heavy atom. The van der Waals surface area contributed by atoms with E-state index in [0.717, 1.165) is 5.75 Å². The van der Waals surface area contributed by atoms with Gasteiger partial charge in [0.2, 0.25) is 5.91 Å². The quantitative estimate of drug-likeness (QED) is 0.534. The van der Waals surface area contributed by atoms with Gasteiger partial charge in [-0.15, -0.1) is 12.4 Å². The fourth-order valence-corrected chi connectivity index (χ4v) is 2.16. The summed E-state index contributed by atoms with van der Waals surface area (Å²) in [5.74, 6) is 0.116. The smallest absolute Gasteiger partial charge is 0.253 e. The van der Waals surface area contributed by atoms with Crippen LogP contribution in [0.1, 0.15) is 10.4 Å². The molecule has 0 bridgehead atoms. The molecule has 146 valence electrons. The van der Waals surface area contributed by atoms with Gasteiger partial charge in [0.1, 0.15) is 19.0 Å². The number of carbonyl (C=O) groups is 2. The van der Waals surface area contributed by atoms with E-state index >= 15 is 0 Å². The lowest BCUT2D eigenvalue weighted by molar-refractivity contribution is -0.120. The highest BCUT2D eigenvalue weighted by Gasteiger charge is 2.12. The number of anilines is 1. The van der Waals surface area contributed by atoms with Crippen LogP contribution < -0.4 is 21.1 Å². The van der Waals surface area contributed by atoms with Crippen molar-refractivity contribution >= 4 is 29.9 Å². The van der Waals surface area contributed by atoms with Crippen molar-refractivity contribution in [1.29, 1.82) is 0 Å². The number of benzene rings is 2. The third-order valence-corrected chi connectivity index (χ3v) is 3.35. The van der Waals surface area contributed by atoms with Gasteiger partial charge in [0.15, 0.2) is 0 Å². The van der Waals surface area contributed by atoms with Crippen molar-refractivity contribution in [3.05, 3.63) is 60.2 Å². The summed E-state index contributed by atoms with van der Waals surface area (Å²) >= 11 is 0. The van der Waals surface area contributed by atoms with Gasteiger partial charge in [-0.05, 0) is 24.3 Å². The van der Waals surface area contributed by atoms with E-state index in [9.17, 15) is 9.59 Å². The Bertz CT molecular complexity index is 713. The van der Waals surface area contributed by atoms with Crippen LogP contribution in [0.15, 0.2) is 54.6 Å². The molecule has 0 spiro atoms. The monoisotopic (exact) mass is 393 g/mol. The highest BCUT2D eigenvalue weighted by Crippen LogP contribution is 2.14. The van der Waals surface area contributed by atoms with Crippen molar-refractivity contribution in [2.45, 2.75) is 0 Å². The van der Waals surface area contributed by atoms with Crippen molar-refractivity contribution in [2.24, 2.45) is 5.73 Å². The van der Waals surface area contributed by atoms with E-state index in [1.807, 2.05) is 30.3 Å². The van der Waals surface area contributed by atoms with Crippen LogP contribution in [0.25, 0.3) is 0 Å². The zero-order valence-electron chi connectivity index (χ0n) is 14.9. The molecule has 2 amide bonds. The van der Waals surface area contributed by atoms with Gasteiger partial charge >= 0.3 is 0 Å². The van der Waals surface area contributed by atoms with Gasteiger partial charge in [-0.1, -0.05) is 30.3 Å². The molecular formula is C19H24ClN3O4. The Balaban J connectivity index is 0.00000364. The Morgan fingerprint density at radius 1 is 0.963 bits per heavy atom. The summed E-state index contributed by atoms with van der Waals surface area (Å²) in [5.41, 5.74) is 6.18. The average molecular weight is 394 g/mol. The zero-order chi connectivity index (χ0) is 18.6. The van der Waals surface area contributed by atoms with Gasteiger partial charge in [0.25, 0.3) is 5.91 Å². The number of carbonyl (C=O) groups excluding carboxylic acids is 2. The molecule has 2 aromatic rings. The van der Waals surface area contributed by atoms with Crippen LogP contribution in [0.5, 0.6) is 5.75 Å². The molecule has 2 aromatic carbocycles. The molecule has 0 saturated heterocycles. The molecule has 0 aliphatic rings. The molecule has 2 rings (SSSR count). The summed E-state index contributed by atoms with van der Waals surface area (Å²) in [6.07, 6.45) is 0. The Hall–Kier alpha value is -2.61. The summed E-state index contributed by atoms with van der Waals surface area (Å²) < 4.78 is 10.8. The second-order valence-corrected chi connectivity index (χ2v) is 5.35. The standard InChI is InChI=1S/C19H23N3O4.ClH/c20-10-11-21-19(24)16-8-4-5-9-17(16)22-18(23)14-25-12-13-26-15-6-2-1-3-7-15;/h1-9H,10-14,20H2,(H,21,24)(H,22,23);1H. The molecule has 27 heavy (non-hydrogen) atoms. The van der Waals surface area contributed by atoms with E-state index in [1.165, 1.54) is 0 Å². The minimum Gasteiger partial charge on any atom is -0.491 e. The summed E-state index contributed by atoms with van der Waals surface area (Å²) in [5, 5.41) is 5.35. The Kier molecular flexibility index (Phi) is 10.5. The number of hydrogen-bond acceptors (Lipinski definition) is 5. The number of hydrogen-bond donors (Lipinski definition) is 3. The fraction of sp³-hybridized carbons (Fsp3) is 0.263. The Morgan fingerprint density at radius 2 is 1.67 bits per heavy atom. The summed E-state index contributed by atoms with van der Waals surface area (Å²) in [4.78, 5) is 24.1. The molecule has 0 aliphatic heterocycles. The maximum absolute atomic E-state index is 12.1. The van der Waals surface area contributed by atoms with E-state index in [1.54, 1.807) is 24.3 Å². The highest BCUT2D eigenvalue weighted by molar-refractivity contribution is 6.03. The van der Waals surface area contributed by atoms with Gasteiger partial charge in [0.05, 0.1) is 17.9 Å². The normalized spacial score (nSPS) is 9.81. The minimum atomic E-state index is -0.344. The highest BCUT2D eigenvalue weighted by atomic mass is 35.5. The predicted octanol–water partition coefficient (Wildman–Crippen LogP) is 1.83. The third kappa shape index (κ3) is 8.08. The van der Waals surface area contributed by atoms with Crippen molar-refractivity contribution < 1.29 is 19.1 Å². The molecule has 0 fully saturated rings. The molecule has 8 heteroatoms. The van der Waals surface area contributed by atoms with Gasteiger partial charge in [-0.3, -0.25) is 9.59 Å². The van der Waals surface area contributed by atoms with Gasteiger partial charge in [-0.2, -0.15) is 0 Å². The van der Waals surface area contributed by atoms with Crippen LogP contribution in [0.4, 0.5) is 5.69 Å². The first kappa shape index (κ1) is 22.4. The van der Waals surface area contributed by atoms with Crippen molar-refractivity contribution in [2.75, 3.05) is 38.2 Å². The molecule has 4 N–H and O–H groups in total. The van der Waals surface area contributed by atoms with Crippen LogP contribution in [0, 0.1) is 0 Å². The lowest BCUT2D eigenvalue weighted by Gasteiger charge is -2.11. The maximum atomic E-state index is 12.1. The number of para-hydroxylation sites is 2. The number of halogens is 1. The number of rotatable bonds is 10. The molecule has 0 radical (unpaired) electrons. The molecule has 0 aromatic heterocycles. The fourth-order valence-electron chi connectivity index (χ4n) is 2.16. The first-order valence-electron chi connectivity index (χ1n) is 8.33. The number of nitrogens with two attached hydrogens (primary N) is 1. The van der Waals surface area contributed by atoms with E-state index < -0.39 is 0 Å². The molecule has 0 atom stereocenters. The zero-order valence-corrected chi connectivity index (χ0v) is 15.7. The first-order valence-corrected chi connectivity index (χ1v) is 8.33. The lowest BCUT2D eigenvalue weighted by atomic mass is 10.1. The lowest BCUT2D eigenvalue weighted by Crippen LogP contribution is -2.30. The SMILES string of the molecule is Cl.NCCNC(=O)c1ccccc1NC(=O)COCCOc1ccccc1. The molecule has 7 nitrogen and oxygen atoms in total. The van der Waals surface area contributed by atoms with Gasteiger partial charge < -0.3 is 25.8 Å². The van der Waals surface area contributed by atoms with Gasteiger partial charge in [-0.25, -0.2) is 0 Å². The average Bonchev–Trinajstić information content (AvgIpc) is 2.67. The Labute approximate surface area is 164 Å². The van der Waals surface area contributed by atoms with Crippen molar-refractivity contribution in [3.8, 4) is 5.75 Å². The largest absolute Gasteiger partial charge is 0.491 e. The second-order valence-electron chi connectivity index (χ2n) is 5.35. The number of amides is 2. The van der Waals surface area contributed by atoms with E-state index in [-0.39, 0.29) is 37.4 Å². The molecule has 0 heterocycles. The van der Waals surface area contributed by atoms with E-state index in [0.29, 0.717) is 30.9 Å². The molecule has 0 saturated carbocycles. The summed E-state index contributed by atoms with van der Waals surface area (Å²) in [6, 6.07) is 16.1. The van der Waals surface area contributed by atoms with Crippen LogP contribution in [-0.2, 0) is 9.53 Å². The minimum absolute atomic E-state index is 0. The maximum Gasteiger partial charge on any atom is 0.253 e. The van der Waals surface area contributed by atoms with Crippen LogP contribution >= 0.6 is 12.4 Å². The summed E-state index contributed by atoms with van der Waals surface area (Å²) in [7, 11) is 0. The third-order valence-electron chi connectivity index (χ3n) is 3.35. The van der Waals surface area contributed by atoms with Crippen LogP contribution in [0.2, 0.25) is 0 Å². The first-order chi connectivity index (χ1) is 12.7. The van der Waals surface area contributed by atoms with Crippen LogP contribution in [0.3, 0.4) is 0 Å². The van der Waals surface area contributed by atoms with Crippen molar-refractivity contribution in [3.63, 3.8) is 0 Å². The second kappa shape index (κ2) is 12.7. The summed E-state index contributed by atoms with van der Waals surface area (Å²) in [6.45, 7) is 1.21. The van der Waals surface area contributed by atoms with Gasteiger partial charge in [0, 0.05) is 13.1 Å². The molecule has 0 aliphatic carbocycles. The number of ether oxygens (including phenoxy) is 2. The van der Waals surface area contributed by atoms with Crippen LogP contribution in [-0.4, -0.2) is 44.7 Å².